The van der Waals surface area contributed by atoms with E-state index in [1.807, 2.05) is 12.1 Å². The van der Waals surface area contributed by atoms with E-state index in [4.69, 9.17) is 28.6 Å². The van der Waals surface area contributed by atoms with E-state index in [9.17, 15) is 14.0 Å². The summed E-state index contributed by atoms with van der Waals surface area (Å²) in [4.78, 5) is 33.6. The van der Waals surface area contributed by atoms with Gasteiger partial charge in [0.1, 0.15) is 17.6 Å². The van der Waals surface area contributed by atoms with Gasteiger partial charge in [0, 0.05) is 11.9 Å². The van der Waals surface area contributed by atoms with Gasteiger partial charge in [-0.2, -0.15) is 0 Å². The number of carbonyl (C=O) groups excluding carboxylic acids is 2. The number of anilines is 2. The normalized spacial score (nSPS) is 15.6. The minimum Gasteiger partial charge on any atom is -0.495 e. The highest BCUT2D eigenvalue weighted by Gasteiger charge is 2.44. The molecule has 0 saturated carbocycles. The lowest BCUT2D eigenvalue weighted by Gasteiger charge is -2.23. The van der Waals surface area contributed by atoms with Crippen molar-refractivity contribution in [1.29, 1.82) is 0 Å². The fourth-order valence-corrected chi connectivity index (χ4v) is 4.27. The van der Waals surface area contributed by atoms with Crippen molar-refractivity contribution in [3.05, 3.63) is 83.4 Å². The molecule has 0 bridgehead atoms. The monoisotopic (exact) mass is 498 g/mol. The van der Waals surface area contributed by atoms with Gasteiger partial charge in [0.15, 0.2) is 5.11 Å². The maximum atomic E-state index is 13.5. The molecule has 1 saturated heterocycles. The first-order chi connectivity index (χ1) is 16.4. The van der Waals surface area contributed by atoms with Gasteiger partial charge in [-0.25, -0.2) is 4.39 Å². The van der Waals surface area contributed by atoms with E-state index in [0.717, 1.165) is 0 Å². The molecule has 1 N–H and O–H groups in total. The molecule has 2 aromatic carbocycles. The van der Waals surface area contributed by atoms with E-state index in [1.54, 1.807) is 35.4 Å². The number of nitrogens with zero attached hydrogens (tertiary/aromatic N) is 3. The molecule has 1 aliphatic heterocycles. The number of aromatic nitrogens is 1. The van der Waals surface area contributed by atoms with E-state index >= 15 is 0 Å². The third-order valence-corrected chi connectivity index (χ3v) is 5.99. The Hall–Kier alpha value is -3.56. The van der Waals surface area contributed by atoms with Crippen LogP contribution in [0.5, 0.6) is 5.75 Å². The Bertz CT molecular complexity index is 1230. The second kappa shape index (κ2) is 10.1. The highest BCUT2D eigenvalue weighted by atomic mass is 35.5. The molecular formula is C24H20ClFN4O3S. The molecule has 1 fully saturated rings. The van der Waals surface area contributed by atoms with Crippen LogP contribution in [0.3, 0.4) is 0 Å². The molecule has 3 aromatic rings. The van der Waals surface area contributed by atoms with Crippen LogP contribution >= 0.6 is 23.8 Å². The number of ether oxygens (including phenoxy) is 1. The molecule has 2 heterocycles. The topological polar surface area (TPSA) is 74.8 Å². The summed E-state index contributed by atoms with van der Waals surface area (Å²) >= 11 is 11.9. The number of thiocarbonyl (C=S) groups is 1. The molecule has 2 amide bonds. The zero-order chi connectivity index (χ0) is 24.2. The van der Waals surface area contributed by atoms with Crippen molar-refractivity contribution in [1.82, 2.24) is 9.88 Å². The number of methoxy groups -OCH3 is 1. The first kappa shape index (κ1) is 23.6. The van der Waals surface area contributed by atoms with E-state index in [-0.39, 0.29) is 24.0 Å². The molecule has 0 spiro atoms. The molecule has 34 heavy (non-hydrogen) atoms. The van der Waals surface area contributed by atoms with Crippen molar-refractivity contribution in [2.75, 3.05) is 17.3 Å². The minimum absolute atomic E-state index is 0.163. The maximum Gasteiger partial charge on any atom is 0.256 e. The van der Waals surface area contributed by atoms with Crippen LogP contribution in [0.1, 0.15) is 12.1 Å². The van der Waals surface area contributed by atoms with Gasteiger partial charge in [-0.3, -0.25) is 19.5 Å². The largest absolute Gasteiger partial charge is 0.495 e. The van der Waals surface area contributed by atoms with Crippen LogP contribution in [0.4, 0.5) is 15.8 Å². The van der Waals surface area contributed by atoms with Gasteiger partial charge >= 0.3 is 0 Å². The Morgan fingerprint density at radius 3 is 2.62 bits per heavy atom. The lowest BCUT2D eigenvalue weighted by atomic mass is 10.1. The van der Waals surface area contributed by atoms with Crippen LogP contribution in [-0.2, 0) is 16.1 Å². The lowest BCUT2D eigenvalue weighted by Crippen LogP contribution is -2.37. The van der Waals surface area contributed by atoms with Crippen molar-refractivity contribution >= 4 is 52.1 Å². The summed E-state index contributed by atoms with van der Waals surface area (Å²) in [6.07, 6.45) is 1.48. The van der Waals surface area contributed by atoms with E-state index < -0.39 is 17.8 Å². The van der Waals surface area contributed by atoms with Crippen LogP contribution in [0.2, 0.25) is 5.02 Å². The zero-order valence-electron chi connectivity index (χ0n) is 18.1. The van der Waals surface area contributed by atoms with Gasteiger partial charge in [-0.05, 0) is 66.8 Å². The fraction of sp³-hybridized carbons (Fsp3) is 0.167. The van der Waals surface area contributed by atoms with Crippen LogP contribution in [0, 0.1) is 5.82 Å². The highest BCUT2D eigenvalue weighted by Crippen LogP contribution is 2.33. The fourth-order valence-electron chi connectivity index (χ4n) is 3.63. The van der Waals surface area contributed by atoms with Crippen molar-refractivity contribution in [2.45, 2.75) is 19.0 Å². The predicted molar refractivity (Wildman–Crippen MR) is 131 cm³/mol. The number of rotatable bonds is 7. The highest BCUT2D eigenvalue weighted by molar-refractivity contribution is 7.80. The Balaban J connectivity index is 1.61. The van der Waals surface area contributed by atoms with Crippen LogP contribution in [0.25, 0.3) is 0 Å². The molecule has 4 rings (SSSR count). The second-order valence-electron chi connectivity index (χ2n) is 7.50. The number of nitrogens with one attached hydrogen (secondary N) is 1. The summed E-state index contributed by atoms with van der Waals surface area (Å²) in [5, 5.41) is 3.25. The Morgan fingerprint density at radius 2 is 1.97 bits per heavy atom. The molecule has 1 aliphatic rings. The molecule has 174 valence electrons. The molecule has 1 aromatic heterocycles. The molecular weight excluding hydrogens is 479 g/mol. The summed E-state index contributed by atoms with van der Waals surface area (Å²) in [6, 6.07) is 14.9. The molecule has 1 atom stereocenters. The van der Waals surface area contributed by atoms with E-state index in [1.165, 1.54) is 36.3 Å². The minimum atomic E-state index is -0.865. The first-order valence-corrected chi connectivity index (χ1v) is 11.1. The summed E-state index contributed by atoms with van der Waals surface area (Å²) in [7, 11) is 1.50. The van der Waals surface area contributed by atoms with Gasteiger partial charge in [0.05, 0.1) is 36.5 Å². The number of amides is 2. The number of carbonyl (C=O) groups is 2. The number of hydrogen-bond donors (Lipinski definition) is 1. The average Bonchev–Trinajstić information content (AvgIpc) is 3.05. The van der Waals surface area contributed by atoms with Crippen LogP contribution in [-0.4, -0.2) is 40.0 Å². The zero-order valence-corrected chi connectivity index (χ0v) is 19.6. The summed E-state index contributed by atoms with van der Waals surface area (Å²) in [5.74, 6) is -0.724. The maximum absolute atomic E-state index is 13.5. The molecule has 7 nitrogen and oxygen atoms in total. The summed E-state index contributed by atoms with van der Waals surface area (Å²) < 4.78 is 18.4. The van der Waals surface area contributed by atoms with Crippen LogP contribution in [0.15, 0.2) is 66.9 Å². The summed E-state index contributed by atoms with van der Waals surface area (Å²) in [5.41, 5.74) is 1.58. The van der Waals surface area contributed by atoms with E-state index in [2.05, 4.69) is 10.3 Å². The van der Waals surface area contributed by atoms with Crippen molar-refractivity contribution < 1.29 is 18.7 Å². The Labute approximate surface area is 206 Å². The molecule has 0 aliphatic carbocycles. The first-order valence-electron chi connectivity index (χ1n) is 10.3. The summed E-state index contributed by atoms with van der Waals surface area (Å²) in [6.45, 7) is 0.236. The van der Waals surface area contributed by atoms with E-state index in [0.29, 0.717) is 27.8 Å². The number of pyridine rings is 1. The third kappa shape index (κ3) is 5.00. The predicted octanol–water partition coefficient (Wildman–Crippen LogP) is 4.41. The van der Waals surface area contributed by atoms with Gasteiger partial charge in [0.2, 0.25) is 5.91 Å². The lowest BCUT2D eigenvalue weighted by molar-refractivity contribution is -0.124. The SMILES string of the molecule is COc1ccc(N2C(=O)[C@H](CC(=O)Nc3ccc(F)cc3)N(Cc3ccccn3)C2=S)cc1Cl. The Kier molecular flexibility index (Phi) is 7.04. The number of hydrogen-bond acceptors (Lipinski definition) is 5. The van der Waals surface area contributed by atoms with Gasteiger partial charge in [-0.1, -0.05) is 17.7 Å². The molecule has 0 radical (unpaired) electrons. The van der Waals surface area contributed by atoms with Crippen molar-refractivity contribution in [3.63, 3.8) is 0 Å². The van der Waals surface area contributed by atoms with Crippen molar-refractivity contribution in [3.8, 4) is 5.75 Å². The second-order valence-corrected chi connectivity index (χ2v) is 8.27. The molecule has 10 heteroatoms. The quantitative estimate of drug-likeness (QED) is 0.486. The van der Waals surface area contributed by atoms with Crippen LogP contribution < -0.4 is 15.0 Å². The van der Waals surface area contributed by atoms with Crippen molar-refractivity contribution in [2.24, 2.45) is 0 Å². The number of halogens is 2. The van der Waals surface area contributed by atoms with Gasteiger partial charge < -0.3 is 15.0 Å². The third-order valence-electron chi connectivity index (χ3n) is 5.28. The molecule has 0 unspecified atom stereocenters. The average molecular weight is 499 g/mol. The Morgan fingerprint density at radius 1 is 1.21 bits per heavy atom. The number of benzene rings is 2. The van der Waals surface area contributed by atoms with Gasteiger partial charge in [0.25, 0.3) is 5.91 Å². The smallest absolute Gasteiger partial charge is 0.256 e. The standard InChI is InChI=1S/C24H20ClFN4O3S/c1-33-21-10-9-18(12-19(21)25)30-23(32)20(13-22(31)28-16-7-5-15(26)6-8-16)29(24(30)34)14-17-4-2-3-11-27-17/h2-12,20H,13-14H2,1H3,(H,28,31)/t20-/m0/s1. The van der Waals surface area contributed by atoms with Gasteiger partial charge in [-0.15, -0.1) is 0 Å².